The van der Waals surface area contributed by atoms with E-state index in [2.05, 4.69) is 16.9 Å². The molecule has 0 aliphatic heterocycles. The SMILES string of the molecule is CN(Cc1ccc(Cl)nc1Cl)C1CCCCC1CN. The lowest BCUT2D eigenvalue weighted by Crippen LogP contribution is -2.42. The molecule has 2 unspecified atom stereocenters. The highest BCUT2D eigenvalue weighted by molar-refractivity contribution is 6.32. The first-order chi connectivity index (χ1) is 9.11. The van der Waals surface area contributed by atoms with Gasteiger partial charge in [0.15, 0.2) is 0 Å². The minimum atomic E-state index is 0.439. The molecule has 1 aromatic heterocycles. The summed E-state index contributed by atoms with van der Waals surface area (Å²) in [6.45, 7) is 1.56. The van der Waals surface area contributed by atoms with Crippen LogP contribution in [0.15, 0.2) is 12.1 Å². The molecule has 1 heterocycles. The third kappa shape index (κ3) is 3.82. The van der Waals surface area contributed by atoms with E-state index in [9.17, 15) is 0 Å². The Kier molecular flexibility index (Phi) is 5.46. The van der Waals surface area contributed by atoms with E-state index in [4.69, 9.17) is 28.9 Å². The molecule has 3 nitrogen and oxygen atoms in total. The molecule has 5 heteroatoms. The third-order valence-electron chi connectivity index (χ3n) is 4.05. The van der Waals surface area contributed by atoms with Crippen molar-refractivity contribution in [3.05, 3.63) is 28.0 Å². The van der Waals surface area contributed by atoms with E-state index < -0.39 is 0 Å². The Bertz CT molecular complexity index is 425. The lowest BCUT2D eigenvalue weighted by atomic mass is 9.83. The maximum absolute atomic E-state index is 6.14. The van der Waals surface area contributed by atoms with Gasteiger partial charge in [0, 0.05) is 18.2 Å². The van der Waals surface area contributed by atoms with Gasteiger partial charge in [0.1, 0.15) is 10.3 Å². The molecule has 0 amide bonds. The van der Waals surface area contributed by atoms with E-state index in [-0.39, 0.29) is 0 Å². The summed E-state index contributed by atoms with van der Waals surface area (Å²) in [6, 6.07) is 4.29. The second-order valence-corrected chi connectivity index (χ2v) is 6.09. The van der Waals surface area contributed by atoms with E-state index in [1.165, 1.54) is 25.7 Å². The molecule has 1 saturated carbocycles. The fourth-order valence-corrected chi connectivity index (χ4v) is 3.39. The van der Waals surface area contributed by atoms with Gasteiger partial charge in [-0.1, -0.05) is 42.1 Å². The summed E-state index contributed by atoms with van der Waals surface area (Å²) in [7, 11) is 2.14. The van der Waals surface area contributed by atoms with E-state index >= 15 is 0 Å². The molecule has 0 aromatic carbocycles. The van der Waals surface area contributed by atoms with Crippen LogP contribution in [0.4, 0.5) is 0 Å². The smallest absolute Gasteiger partial charge is 0.135 e. The summed E-state index contributed by atoms with van der Waals surface area (Å²) >= 11 is 12.0. The number of hydrogen-bond donors (Lipinski definition) is 1. The van der Waals surface area contributed by atoms with Crippen LogP contribution in [0.5, 0.6) is 0 Å². The number of pyridine rings is 1. The summed E-state index contributed by atoms with van der Waals surface area (Å²) in [6.07, 6.45) is 5.04. The van der Waals surface area contributed by atoms with Gasteiger partial charge in [-0.3, -0.25) is 4.90 Å². The van der Waals surface area contributed by atoms with Crippen molar-refractivity contribution >= 4 is 23.2 Å². The van der Waals surface area contributed by atoms with Crippen molar-refractivity contribution in [1.29, 1.82) is 0 Å². The fourth-order valence-electron chi connectivity index (χ4n) is 2.99. The van der Waals surface area contributed by atoms with Crippen molar-refractivity contribution in [2.45, 2.75) is 38.3 Å². The molecule has 2 atom stereocenters. The van der Waals surface area contributed by atoms with Crippen LogP contribution in [0.1, 0.15) is 31.2 Å². The first-order valence-electron chi connectivity index (χ1n) is 6.83. The van der Waals surface area contributed by atoms with E-state index in [1.54, 1.807) is 6.07 Å². The van der Waals surface area contributed by atoms with E-state index in [0.29, 0.717) is 22.3 Å². The zero-order chi connectivity index (χ0) is 13.8. The Hall–Kier alpha value is -0.350. The van der Waals surface area contributed by atoms with E-state index in [1.807, 2.05) is 6.07 Å². The lowest BCUT2D eigenvalue weighted by Gasteiger charge is -2.37. The van der Waals surface area contributed by atoms with Crippen LogP contribution in [0.2, 0.25) is 10.3 Å². The predicted octanol–water partition coefficient (Wildman–Crippen LogP) is 3.34. The molecule has 1 aromatic rings. The summed E-state index contributed by atoms with van der Waals surface area (Å²) < 4.78 is 0. The predicted molar refractivity (Wildman–Crippen MR) is 80.5 cm³/mol. The Morgan fingerprint density at radius 1 is 1.32 bits per heavy atom. The monoisotopic (exact) mass is 301 g/mol. The second kappa shape index (κ2) is 6.89. The van der Waals surface area contributed by atoms with Gasteiger partial charge >= 0.3 is 0 Å². The van der Waals surface area contributed by atoms with Crippen LogP contribution in [-0.4, -0.2) is 29.5 Å². The Balaban J connectivity index is 2.04. The average Bonchev–Trinajstić information content (AvgIpc) is 2.41. The Morgan fingerprint density at radius 3 is 2.74 bits per heavy atom. The summed E-state index contributed by atoms with van der Waals surface area (Å²) in [5, 5.41) is 0.938. The average molecular weight is 302 g/mol. The number of rotatable bonds is 4. The second-order valence-electron chi connectivity index (χ2n) is 5.35. The van der Waals surface area contributed by atoms with Crippen molar-refractivity contribution in [3.63, 3.8) is 0 Å². The van der Waals surface area contributed by atoms with Gasteiger partial charge in [-0.2, -0.15) is 0 Å². The molecule has 19 heavy (non-hydrogen) atoms. The number of nitrogens with zero attached hydrogens (tertiary/aromatic N) is 2. The Morgan fingerprint density at radius 2 is 2.05 bits per heavy atom. The summed E-state index contributed by atoms with van der Waals surface area (Å²) in [5.74, 6) is 0.595. The number of halogens is 2. The maximum atomic E-state index is 6.14. The molecule has 1 fully saturated rings. The molecule has 106 valence electrons. The van der Waals surface area contributed by atoms with Crippen LogP contribution < -0.4 is 5.73 Å². The molecule has 0 spiro atoms. The first-order valence-corrected chi connectivity index (χ1v) is 7.58. The van der Waals surface area contributed by atoms with Crippen LogP contribution in [-0.2, 0) is 6.54 Å². The number of hydrogen-bond acceptors (Lipinski definition) is 3. The molecule has 1 aliphatic rings. The number of aromatic nitrogens is 1. The van der Waals surface area contributed by atoms with Crippen LogP contribution >= 0.6 is 23.2 Å². The van der Waals surface area contributed by atoms with E-state index in [0.717, 1.165) is 18.7 Å². The number of nitrogens with two attached hydrogens (primary N) is 1. The Labute approximate surface area is 125 Å². The molecule has 0 bridgehead atoms. The van der Waals surface area contributed by atoms with Crippen molar-refractivity contribution < 1.29 is 0 Å². The molecule has 0 radical (unpaired) electrons. The molecule has 0 saturated heterocycles. The highest BCUT2D eigenvalue weighted by atomic mass is 35.5. The van der Waals surface area contributed by atoms with Crippen LogP contribution in [0, 0.1) is 5.92 Å². The molecule has 2 N–H and O–H groups in total. The third-order valence-corrected chi connectivity index (χ3v) is 4.59. The highest BCUT2D eigenvalue weighted by Gasteiger charge is 2.27. The van der Waals surface area contributed by atoms with Gasteiger partial charge in [-0.05, 0) is 38.4 Å². The van der Waals surface area contributed by atoms with Gasteiger partial charge in [0.25, 0.3) is 0 Å². The van der Waals surface area contributed by atoms with Gasteiger partial charge in [0.2, 0.25) is 0 Å². The quantitative estimate of drug-likeness (QED) is 0.867. The normalized spacial score (nSPS) is 23.8. The first kappa shape index (κ1) is 15.0. The van der Waals surface area contributed by atoms with Crippen molar-refractivity contribution in [1.82, 2.24) is 9.88 Å². The topological polar surface area (TPSA) is 42.2 Å². The van der Waals surface area contributed by atoms with Gasteiger partial charge in [-0.25, -0.2) is 4.98 Å². The van der Waals surface area contributed by atoms with Gasteiger partial charge in [0.05, 0.1) is 0 Å². The van der Waals surface area contributed by atoms with Gasteiger partial charge < -0.3 is 5.73 Å². The molecular weight excluding hydrogens is 281 g/mol. The molecule has 1 aliphatic carbocycles. The molecule has 2 rings (SSSR count). The van der Waals surface area contributed by atoms with Crippen molar-refractivity contribution in [2.75, 3.05) is 13.6 Å². The van der Waals surface area contributed by atoms with Crippen LogP contribution in [0.3, 0.4) is 0 Å². The van der Waals surface area contributed by atoms with Crippen molar-refractivity contribution in [3.8, 4) is 0 Å². The standard InChI is InChI=1S/C14H21Cl2N3/c1-19(12-5-3-2-4-10(12)8-17)9-11-6-7-13(15)18-14(11)16/h6-7,10,12H,2-5,8-9,17H2,1H3. The largest absolute Gasteiger partial charge is 0.330 e. The highest BCUT2D eigenvalue weighted by Crippen LogP contribution is 2.29. The minimum absolute atomic E-state index is 0.439. The lowest BCUT2D eigenvalue weighted by molar-refractivity contribution is 0.127. The fraction of sp³-hybridized carbons (Fsp3) is 0.643. The maximum Gasteiger partial charge on any atom is 0.135 e. The van der Waals surface area contributed by atoms with Gasteiger partial charge in [-0.15, -0.1) is 0 Å². The zero-order valence-corrected chi connectivity index (χ0v) is 12.8. The summed E-state index contributed by atoms with van der Waals surface area (Å²) in [5.41, 5.74) is 6.92. The molecular formula is C14H21Cl2N3. The van der Waals surface area contributed by atoms with Crippen molar-refractivity contribution in [2.24, 2.45) is 11.7 Å². The zero-order valence-electron chi connectivity index (χ0n) is 11.3. The van der Waals surface area contributed by atoms with Crippen LogP contribution in [0.25, 0.3) is 0 Å². The minimum Gasteiger partial charge on any atom is -0.330 e. The summed E-state index contributed by atoms with van der Waals surface area (Å²) in [4.78, 5) is 6.45.